The molecule has 0 saturated carbocycles. The number of rotatable bonds is 3. The Balaban J connectivity index is 2.32. The molecule has 3 aromatic rings. The molecule has 0 aliphatic carbocycles. The van der Waals surface area contributed by atoms with Crippen LogP contribution in [0.4, 0.5) is 13.2 Å². The van der Waals surface area contributed by atoms with E-state index in [2.05, 4.69) is 10.3 Å². The molecular weight excluding hydrogens is 359 g/mol. The summed E-state index contributed by atoms with van der Waals surface area (Å²) >= 11 is 5.92. The van der Waals surface area contributed by atoms with Crippen molar-refractivity contribution >= 4 is 17.6 Å². The molecule has 0 aliphatic rings. The summed E-state index contributed by atoms with van der Waals surface area (Å²) in [7, 11) is 0. The molecule has 9 heteroatoms. The van der Waals surface area contributed by atoms with Crippen molar-refractivity contribution in [2.24, 2.45) is 0 Å². The molecule has 0 fully saturated rings. The zero-order valence-electron chi connectivity index (χ0n) is 12.3. The van der Waals surface area contributed by atoms with E-state index in [0.717, 1.165) is 10.7 Å². The monoisotopic (exact) mass is 367 g/mol. The lowest BCUT2D eigenvalue weighted by molar-refractivity contribution is -0.137. The molecule has 0 radical (unpaired) electrons. The Labute approximate surface area is 144 Å². The van der Waals surface area contributed by atoms with Crippen molar-refractivity contribution in [3.63, 3.8) is 0 Å². The van der Waals surface area contributed by atoms with Gasteiger partial charge in [-0.25, -0.2) is 9.48 Å². The summed E-state index contributed by atoms with van der Waals surface area (Å²) in [5.41, 5.74) is -1.57. The van der Waals surface area contributed by atoms with Gasteiger partial charge in [0.1, 0.15) is 5.69 Å². The summed E-state index contributed by atoms with van der Waals surface area (Å²) in [5.74, 6) is -1.41. The van der Waals surface area contributed by atoms with Gasteiger partial charge in [-0.2, -0.15) is 13.2 Å². The first-order valence-corrected chi connectivity index (χ1v) is 7.28. The third-order valence-electron chi connectivity index (χ3n) is 3.41. The molecule has 0 aliphatic heterocycles. The summed E-state index contributed by atoms with van der Waals surface area (Å²) in [6.45, 7) is 0. The van der Waals surface area contributed by atoms with Crippen molar-refractivity contribution in [2.45, 2.75) is 6.18 Å². The lowest BCUT2D eigenvalue weighted by atomic mass is 10.1. The van der Waals surface area contributed by atoms with E-state index in [0.29, 0.717) is 5.02 Å². The van der Waals surface area contributed by atoms with E-state index >= 15 is 0 Å². The largest absolute Gasteiger partial charge is 0.476 e. The highest BCUT2D eigenvalue weighted by atomic mass is 35.5. The number of nitrogens with zero attached hydrogens (tertiary/aromatic N) is 3. The lowest BCUT2D eigenvalue weighted by Crippen LogP contribution is -2.12. The van der Waals surface area contributed by atoms with Crippen LogP contribution in [0.15, 0.2) is 48.5 Å². The van der Waals surface area contributed by atoms with Crippen LogP contribution >= 0.6 is 11.6 Å². The third-order valence-corrected chi connectivity index (χ3v) is 3.64. The normalized spacial score (nSPS) is 11.5. The number of carboxylic acids is 1. The second kappa shape index (κ2) is 6.21. The van der Waals surface area contributed by atoms with E-state index in [4.69, 9.17) is 11.6 Å². The number of hydrogen-bond acceptors (Lipinski definition) is 3. The zero-order valence-corrected chi connectivity index (χ0v) is 13.1. The molecule has 3 rings (SSSR count). The summed E-state index contributed by atoms with van der Waals surface area (Å²) in [5, 5.41) is 16.8. The van der Waals surface area contributed by atoms with Crippen LogP contribution < -0.4 is 0 Å². The van der Waals surface area contributed by atoms with Crippen LogP contribution in [-0.4, -0.2) is 26.1 Å². The van der Waals surface area contributed by atoms with Gasteiger partial charge in [0, 0.05) is 10.6 Å². The molecule has 25 heavy (non-hydrogen) atoms. The second-order valence-electron chi connectivity index (χ2n) is 5.03. The van der Waals surface area contributed by atoms with Gasteiger partial charge in [-0.1, -0.05) is 41.1 Å². The zero-order chi connectivity index (χ0) is 18.2. The number of benzene rings is 2. The number of halogens is 4. The van der Waals surface area contributed by atoms with Gasteiger partial charge < -0.3 is 5.11 Å². The fourth-order valence-corrected chi connectivity index (χ4v) is 2.58. The number of carbonyl (C=O) groups is 1. The van der Waals surface area contributed by atoms with E-state index < -0.39 is 23.4 Å². The maximum absolute atomic E-state index is 13.3. The lowest BCUT2D eigenvalue weighted by Gasteiger charge is -2.14. The molecule has 1 N–H and O–H groups in total. The van der Waals surface area contributed by atoms with E-state index in [1.54, 1.807) is 12.1 Å². The number of aromatic nitrogens is 3. The molecule has 2 aromatic carbocycles. The fourth-order valence-electron chi connectivity index (χ4n) is 2.39. The SMILES string of the molecule is O=C(O)c1nnn(-c2ccccc2C(F)(F)F)c1-c1cccc(Cl)c1. The predicted octanol–water partition coefficient (Wildman–Crippen LogP) is 4.30. The molecule has 0 spiro atoms. The summed E-state index contributed by atoms with van der Waals surface area (Å²) in [6.07, 6.45) is -4.64. The van der Waals surface area contributed by atoms with E-state index in [-0.39, 0.29) is 16.9 Å². The minimum atomic E-state index is -4.64. The van der Waals surface area contributed by atoms with Crippen LogP contribution in [0.5, 0.6) is 0 Å². The first-order chi connectivity index (χ1) is 11.8. The molecular formula is C16H9ClF3N3O2. The Bertz CT molecular complexity index is 954. The Hall–Kier alpha value is -2.87. The van der Waals surface area contributed by atoms with E-state index in [1.165, 1.54) is 30.3 Å². The predicted molar refractivity (Wildman–Crippen MR) is 83.8 cm³/mol. The quantitative estimate of drug-likeness (QED) is 0.749. The number of para-hydroxylation sites is 1. The number of aromatic carboxylic acids is 1. The van der Waals surface area contributed by atoms with Crippen LogP contribution in [0, 0.1) is 0 Å². The van der Waals surface area contributed by atoms with Gasteiger partial charge in [0.05, 0.1) is 11.3 Å². The Morgan fingerprint density at radius 1 is 1.12 bits per heavy atom. The van der Waals surface area contributed by atoms with Crippen LogP contribution in [-0.2, 0) is 6.18 Å². The van der Waals surface area contributed by atoms with Gasteiger partial charge in [0.2, 0.25) is 0 Å². The molecule has 128 valence electrons. The van der Waals surface area contributed by atoms with Gasteiger partial charge in [-0.15, -0.1) is 5.10 Å². The van der Waals surface area contributed by atoms with Crippen molar-refractivity contribution in [3.8, 4) is 16.9 Å². The molecule has 1 aromatic heterocycles. The Morgan fingerprint density at radius 3 is 2.48 bits per heavy atom. The summed E-state index contributed by atoms with van der Waals surface area (Å²) < 4.78 is 40.8. The minimum Gasteiger partial charge on any atom is -0.476 e. The number of hydrogen-bond donors (Lipinski definition) is 1. The van der Waals surface area contributed by atoms with Gasteiger partial charge in [0.15, 0.2) is 5.69 Å². The standard InChI is InChI=1S/C16H9ClF3N3O2/c17-10-5-3-4-9(8-10)14-13(15(24)25)21-22-23(14)12-7-2-1-6-11(12)16(18,19)20/h1-8H,(H,24,25). The van der Waals surface area contributed by atoms with Crippen LogP contribution in [0.2, 0.25) is 5.02 Å². The van der Waals surface area contributed by atoms with Crippen molar-refractivity contribution in [1.82, 2.24) is 15.0 Å². The average molecular weight is 368 g/mol. The highest BCUT2D eigenvalue weighted by Gasteiger charge is 2.35. The average Bonchev–Trinajstić information content (AvgIpc) is 2.99. The first kappa shape index (κ1) is 17.0. The highest BCUT2D eigenvalue weighted by molar-refractivity contribution is 6.30. The van der Waals surface area contributed by atoms with Crippen molar-refractivity contribution in [3.05, 3.63) is 64.8 Å². The molecule has 0 amide bonds. The van der Waals surface area contributed by atoms with Crippen molar-refractivity contribution < 1.29 is 23.1 Å². The maximum atomic E-state index is 13.3. The summed E-state index contributed by atoms with van der Waals surface area (Å²) in [6, 6.07) is 10.8. The van der Waals surface area contributed by atoms with E-state index in [9.17, 15) is 23.1 Å². The van der Waals surface area contributed by atoms with Crippen LogP contribution in [0.1, 0.15) is 16.1 Å². The molecule has 0 atom stereocenters. The fraction of sp³-hybridized carbons (Fsp3) is 0.0625. The maximum Gasteiger partial charge on any atom is 0.418 e. The molecule has 0 saturated heterocycles. The van der Waals surface area contributed by atoms with Gasteiger partial charge >= 0.3 is 12.1 Å². The molecule has 0 bridgehead atoms. The van der Waals surface area contributed by atoms with Crippen LogP contribution in [0.25, 0.3) is 16.9 Å². The smallest absolute Gasteiger partial charge is 0.418 e. The topological polar surface area (TPSA) is 68.0 Å². The molecule has 5 nitrogen and oxygen atoms in total. The third kappa shape index (κ3) is 3.20. The first-order valence-electron chi connectivity index (χ1n) is 6.90. The minimum absolute atomic E-state index is 0.0910. The van der Waals surface area contributed by atoms with Crippen LogP contribution in [0.3, 0.4) is 0 Å². The van der Waals surface area contributed by atoms with Gasteiger partial charge in [0.25, 0.3) is 0 Å². The molecule has 0 unspecified atom stereocenters. The van der Waals surface area contributed by atoms with E-state index in [1.807, 2.05) is 0 Å². The van der Waals surface area contributed by atoms with Crippen molar-refractivity contribution in [1.29, 1.82) is 0 Å². The number of carboxylic acid groups (broad SMARTS) is 1. The van der Waals surface area contributed by atoms with Gasteiger partial charge in [-0.05, 0) is 24.3 Å². The molecule has 1 heterocycles. The van der Waals surface area contributed by atoms with Crippen molar-refractivity contribution in [2.75, 3.05) is 0 Å². The Kier molecular flexibility index (Phi) is 4.22. The second-order valence-corrected chi connectivity index (χ2v) is 5.47. The summed E-state index contributed by atoms with van der Waals surface area (Å²) in [4.78, 5) is 11.4. The highest BCUT2D eigenvalue weighted by Crippen LogP contribution is 2.36. The van der Waals surface area contributed by atoms with Gasteiger partial charge in [-0.3, -0.25) is 0 Å². The Morgan fingerprint density at radius 2 is 1.84 bits per heavy atom. The number of alkyl halides is 3.